The first-order chi connectivity index (χ1) is 10.0. The Morgan fingerprint density at radius 3 is 2.38 bits per heavy atom. The van der Waals surface area contributed by atoms with E-state index in [1.54, 1.807) is 26.2 Å². The summed E-state index contributed by atoms with van der Waals surface area (Å²) < 4.78 is 0. The van der Waals surface area contributed by atoms with Crippen molar-refractivity contribution in [3.8, 4) is 0 Å². The summed E-state index contributed by atoms with van der Waals surface area (Å²) >= 11 is 0. The van der Waals surface area contributed by atoms with Crippen LogP contribution < -0.4 is 10.2 Å². The third-order valence-corrected chi connectivity index (χ3v) is 3.02. The fourth-order valence-corrected chi connectivity index (χ4v) is 1.78. The zero-order chi connectivity index (χ0) is 15.4. The Kier molecular flexibility index (Phi) is 4.13. The maximum absolute atomic E-state index is 12.3. The minimum absolute atomic E-state index is 0.0142. The molecule has 7 nitrogen and oxygen atoms in total. The molecular weight excluding hydrogens is 272 g/mol. The fourth-order valence-electron chi connectivity index (χ4n) is 1.78. The maximum atomic E-state index is 12.3. The van der Waals surface area contributed by atoms with Crippen molar-refractivity contribution in [2.24, 2.45) is 0 Å². The molecule has 0 unspecified atom stereocenters. The average Bonchev–Trinajstić information content (AvgIpc) is 2.53. The first-order valence-electron chi connectivity index (χ1n) is 6.19. The highest BCUT2D eigenvalue weighted by Crippen LogP contribution is 2.20. The number of aromatic nitrogens is 1. The standard InChI is InChI=1S/C14H14N4O3/c1-15-13-8-3-10(9-16-13)14(19)17(2)11-4-6-12(7-5-11)18(20)21/h3-9H,1-2H3,(H,15,16). The van der Waals surface area contributed by atoms with Gasteiger partial charge in [-0.05, 0) is 24.3 Å². The van der Waals surface area contributed by atoms with Crippen LogP contribution in [0.3, 0.4) is 0 Å². The quantitative estimate of drug-likeness (QED) is 0.688. The molecule has 1 heterocycles. The molecule has 1 N–H and O–H groups in total. The number of hydrogen-bond donors (Lipinski definition) is 1. The Morgan fingerprint density at radius 1 is 1.24 bits per heavy atom. The molecule has 0 radical (unpaired) electrons. The highest BCUT2D eigenvalue weighted by molar-refractivity contribution is 6.05. The third-order valence-electron chi connectivity index (χ3n) is 3.02. The van der Waals surface area contributed by atoms with E-state index in [1.807, 2.05) is 0 Å². The predicted molar refractivity (Wildman–Crippen MR) is 79.6 cm³/mol. The Hall–Kier alpha value is -2.96. The maximum Gasteiger partial charge on any atom is 0.269 e. The number of carbonyl (C=O) groups excluding carboxylic acids is 1. The van der Waals surface area contributed by atoms with Crippen LogP contribution >= 0.6 is 0 Å². The first kappa shape index (κ1) is 14.4. The number of carbonyl (C=O) groups is 1. The van der Waals surface area contributed by atoms with Gasteiger partial charge in [0.2, 0.25) is 0 Å². The van der Waals surface area contributed by atoms with Gasteiger partial charge in [-0.15, -0.1) is 0 Å². The lowest BCUT2D eigenvalue weighted by atomic mass is 10.2. The van der Waals surface area contributed by atoms with Crippen LogP contribution in [0.25, 0.3) is 0 Å². The summed E-state index contributed by atoms with van der Waals surface area (Å²) in [5.41, 5.74) is 0.998. The van der Waals surface area contributed by atoms with Crippen molar-refractivity contribution < 1.29 is 9.72 Å². The van der Waals surface area contributed by atoms with E-state index in [0.29, 0.717) is 17.1 Å². The minimum Gasteiger partial charge on any atom is -0.373 e. The molecule has 0 saturated carbocycles. The summed E-state index contributed by atoms with van der Waals surface area (Å²) in [6, 6.07) is 9.17. The van der Waals surface area contributed by atoms with Crippen molar-refractivity contribution in [3.05, 3.63) is 58.3 Å². The summed E-state index contributed by atoms with van der Waals surface area (Å²) in [5.74, 6) is 0.434. The lowest BCUT2D eigenvalue weighted by molar-refractivity contribution is -0.384. The van der Waals surface area contributed by atoms with E-state index >= 15 is 0 Å². The largest absolute Gasteiger partial charge is 0.373 e. The molecule has 0 bridgehead atoms. The van der Waals surface area contributed by atoms with Crippen molar-refractivity contribution in [2.75, 3.05) is 24.3 Å². The van der Waals surface area contributed by atoms with E-state index in [4.69, 9.17) is 0 Å². The molecule has 7 heteroatoms. The average molecular weight is 286 g/mol. The number of nitrogens with zero attached hydrogens (tertiary/aromatic N) is 3. The molecule has 21 heavy (non-hydrogen) atoms. The van der Waals surface area contributed by atoms with Crippen molar-refractivity contribution in [3.63, 3.8) is 0 Å². The number of benzene rings is 1. The van der Waals surface area contributed by atoms with Gasteiger partial charge in [0.1, 0.15) is 5.82 Å². The highest BCUT2D eigenvalue weighted by Gasteiger charge is 2.15. The number of pyridine rings is 1. The van der Waals surface area contributed by atoms with Crippen molar-refractivity contribution in [1.82, 2.24) is 4.98 Å². The van der Waals surface area contributed by atoms with Gasteiger partial charge in [-0.25, -0.2) is 4.98 Å². The smallest absolute Gasteiger partial charge is 0.269 e. The molecule has 0 spiro atoms. The Bertz CT molecular complexity index is 653. The zero-order valence-electron chi connectivity index (χ0n) is 11.6. The van der Waals surface area contributed by atoms with Gasteiger partial charge in [0.05, 0.1) is 10.5 Å². The number of amides is 1. The summed E-state index contributed by atoms with van der Waals surface area (Å²) in [5, 5.41) is 13.5. The summed E-state index contributed by atoms with van der Waals surface area (Å²) in [6.07, 6.45) is 1.48. The van der Waals surface area contributed by atoms with Gasteiger partial charge in [-0.1, -0.05) is 0 Å². The van der Waals surface area contributed by atoms with Crippen LogP contribution in [0.15, 0.2) is 42.6 Å². The van der Waals surface area contributed by atoms with Crippen LogP contribution in [0.5, 0.6) is 0 Å². The molecule has 0 saturated heterocycles. The summed E-state index contributed by atoms with van der Waals surface area (Å²) in [6.45, 7) is 0. The molecule has 0 fully saturated rings. The second-order valence-corrected chi connectivity index (χ2v) is 4.32. The topological polar surface area (TPSA) is 88.4 Å². The molecule has 108 valence electrons. The first-order valence-corrected chi connectivity index (χ1v) is 6.19. The van der Waals surface area contributed by atoms with Crippen LogP contribution in [-0.4, -0.2) is 29.9 Å². The second-order valence-electron chi connectivity index (χ2n) is 4.32. The number of anilines is 2. The van der Waals surface area contributed by atoms with Gasteiger partial charge < -0.3 is 10.2 Å². The van der Waals surface area contributed by atoms with E-state index in [2.05, 4.69) is 10.3 Å². The zero-order valence-corrected chi connectivity index (χ0v) is 11.6. The van der Waals surface area contributed by atoms with Gasteiger partial charge in [0, 0.05) is 38.1 Å². The van der Waals surface area contributed by atoms with E-state index in [-0.39, 0.29) is 11.6 Å². The fraction of sp³-hybridized carbons (Fsp3) is 0.143. The Labute approximate surface area is 121 Å². The number of non-ortho nitro benzene ring substituents is 1. The van der Waals surface area contributed by atoms with Crippen molar-refractivity contribution >= 4 is 23.1 Å². The Balaban J connectivity index is 2.19. The number of nitro benzene ring substituents is 1. The van der Waals surface area contributed by atoms with E-state index in [0.717, 1.165) is 0 Å². The summed E-state index contributed by atoms with van der Waals surface area (Å²) in [4.78, 5) is 27.9. The van der Waals surface area contributed by atoms with E-state index in [9.17, 15) is 14.9 Å². The predicted octanol–water partition coefficient (Wildman–Crippen LogP) is 2.31. The van der Waals surface area contributed by atoms with Gasteiger partial charge >= 0.3 is 0 Å². The molecule has 1 aromatic carbocycles. The van der Waals surface area contributed by atoms with Crippen LogP contribution in [0, 0.1) is 10.1 Å². The lowest BCUT2D eigenvalue weighted by Gasteiger charge is -2.17. The monoisotopic (exact) mass is 286 g/mol. The minimum atomic E-state index is -0.480. The van der Waals surface area contributed by atoms with Crippen LogP contribution in [0.4, 0.5) is 17.2 Å². The Morgan fingerprint density at radius 2 is 1.90 bits per heavy atom. The van der Waals surface area contributed by atoms with Crippen LogP contribution in [0.2, 0.25) is 0 Å². The van der Waals surface area contributed by atoms with Crippen LogP contribution in [0.1, 0.15) is 10.4 Å². The van der Waals surface area contributed by atoms with Gasteiger partial charge in [-0.3, -0.25) is 14.9 Å². The SMILES string of the molecule is CNc1ccc(C(=O)N(C)c2ccc([N+](=O)[O-])cc2)cn1. The van der Waals surface area contributed by atoms with Gasteiger partial charge in [-0.2, -0.15) is 0 Å². The lowest BCUT2D eigenvalue weighted by Crippen LogP contribution is -2.26. The molecule has 0 aliphatic rings. The molecule has 0 aliphatic heterocycles. The number of hydrogen-bond acceptors (Lipinski definition) is 5. The molecule has 2 rings (SSSR count). The number of nitrogens with one attached hydrogen (secondary N) is 1. The normalized spacial score (nSPS) is 10.0. The molecular formula is C14H14N4O3. The highest BCUT2D eigenvalue weighted by atomic mass is 16.6. The molecule has 1 aromatic heterocycles. The second kappa shape index (κ2) is 6.00. The molecule has 1 amide bonds. The van der Waals surface area contributed by atoms with E-state index < -0.39 is 4.92 Å². The summed E-state index contributed by atoms with van der Waals surface area (Å²) in [7, 11) is 3.35. The third kappa shape index (κ3) is 3.14. The van der Waals surface area contributed by atoms with Gasteiger partial charge in [0.15, 0.2) is 0 Å². The molecule has 2 aromatic rings. The number of rotatable bonds is 4. The van der Waals surface area contributed by atoms with Crippen LogP contribution in [-0.2, 0) is 0 Å². The van der Waals surface area contributed by atoms with E-state index in [1.165, 1.54) is 35.4 Å². The van der Waals surface area contributed by atoms with Gasteiger partial charge in [0.25, 0.3) is 11.6 Å². The molecule has 0 aliphatic carbocycles. The number of nitro groups is 1. The van der Waals surface area contributed by atoms with Crippen molar-refractivity contribution in [2.45, 2.75) is 0 Å². The molecule has 0 atom stereocenters. The van der Waals surface area contributed by atoms with Crippen molar-refractivity contribution in [1.29, 1.82) is 0 Å².